The molecule has 0 aliphatic rings. The van der Waals surface area contributed by atoms with Gasteiger partial charge < -0.3 is 10.6 Å². The van der Waals surface area contributed by atoms with Crippen LogP contribution in [-0.4, -0.2) is 10.9 Å². The lowest BCUT2D eigenvalue weighted by Crippen LogP contribution is -2.14. The summed E-state index contributed by atoms with van der Waals surface area (Å²) in [6.45, 7) is 4.08. The van der Waals surface area contributed by atoms with Gasteiger partial charge in [0.05, 0.1) is 18.3 Å². The molecule has 0 aliphatic carbocycles. The molecule has 0 saturated carbocycles. The van der Waals surface area contributed by atoms with Crippen LogP contribution in [0.5, 0.6) is 0 Å². The van der Waals surface area contributed by atoms with Crippen LogP contribution in [0.25, 0.3) is 0 Å². The molecular weight excluding hydrogens is 310 g/mol. The summed E-state index contributed by atoms with van der Waals surface area (Å²) in [5.41, 5.74) is 5.04. The number of benzene rings is 2. The van der Waals surface area contributed by atoms with Gasteiger partial charge in [-0.05, 0) is 49.2 Å². The molecule has 0 spiro atoms. The van der Waals surface area contributed by atoms with Gasteiger partial charge in [0.2, 0.25) is 5.91 Å². The number of amides is 1. The molecule has 0 aliphatic heterocycles. The van der Waals surface area contributed by atoms with Gasteiger partial charge in [0.1, 0.15) is 5.82 Å². The summed E-state index contributed by atoms with van der Waals surface area (Å²) < 4.78 is 0. The maximum Gasteiger partial charge on any atom is 0.228 e. The van der Waals surface area contributed by atoms with Gasteiger partial charge in [-0.15, -0.1) is 0 Å². The molecule has 25 heavy (non-hydrogen) atoms. The van der Waals surface area contributed by atoms with Gasteiger partial charge in [-0.3, -0.25) is 4.79 Å². The highest BCUT2D eigenvalue weighted by molar-refractivity contribution is 5.92. The number of aryl methyl sites for hydroxylation is 2. The Bertz CT molecular complexity index is 855. The number of nitrogens with zero attached hydrogens (tertiary/aromatic N) is 1. The van der Waals surface area contributed by atoms with E-state index in [9.17, 15) is 4.79 Å². The number of carbonyl (C=O) groups is 1. The van der Waals surface area contributed by atoms with Crippen LogP contribution < -0.4 is 10.6 Å². The summed E-state index contributed by atoms with van der Waals surface area (Å²) in [4.78, 5) is 16.5. The van der Waals surface area contributed by atoms with Crippen molar-refractivity contribution in [3.8, 4) is 0 Å². The zero-order chi connectivity index (χ0) is 17.6. The van der Waals surface area contributed by atoms with Crippen LogP contribution in [0.2, 0.25) is 0 Å². The lowest BCUT2D eigenvalue weighted by molar-refractivity contribution is -0.115. The van der Waals surface area contributed by atoms with Gasteiger partial charge in [-0.25, -0.2) is 4.98 Å². The number of rotatable bonds is 5. The van der Waals surface area contributed by atoms with Crippen LogP contribution in [0, 0.1) is 13.8 Å². The number of pyridine rings is 1. The van der Waals surface area contributed by atoms with Gasteiger partial charge >= 0.3 is 0 Å². The quantitative estimate of drug-likeness (QED) is 0.717. The second-order valence-corrected chi connectivity index (χ2v) is 6.14. The molecule has 0 saturated heterocycles. The molecule has 3 rings (SSSR count). The number of aromatic nitrogens is 1. The Hall–Kier alpha value is -3.14. The summed E-state index contributed by atoms with van der Waals surface area (Å²) >= 11 is 0. The van der Waals surface area contributed by atoms with E-state index in [1.54, 1.807) is 6.20 Å². The van der Waals surface area contributed by atoms with Crippen molar-refractivity contribution < 1.29 is 4.79 Å². The van der Waals surface area contributed by atoms with Gasteiger partial charge in [0.25, 0.3) is 0 Å². The Balaban J connectivity index is 1.58. The van der Waals surface area contributed by atoms with Crippen molar-refractivity contribution in [2.45, 2.75) is 20.3 Å². The van der Waals surface area contributed by atoms with Crippen molar-refractivity contribution in [1.82, 2.24) is 4.98 Å². The van der Waals surface area contributed by atoms with E-state index in [2.05, 4.69) is 21.7 Å². The highest BCUT2D eigenvalue weighted by atomic mass is 16.1. The second-order valence-electron chi connectivity index (χ2n) is 6.14. The van der Waals surface area contributed by atoms with Crippen molar-refractivity contribution in [2.75, 3.05) is 10.6 Å². The van der Waals surface area contributed by atoms with Crippen molar-refractivity contribution in [3.05, 3.63) is 83.6 Å². The van der Waals surface area contributed by atoms with Gasteiger partial charge in [-0.2, -0.15) is 0 Å². The van der Waals surface area contributed by atoms with Crippen LogP contribution in [0.1, 0.15) is 16.7 Å². The largest absolute Gasteiger partial charge is 0.340 e. The molecule has 4 heteroatoms. The standard InChI is InChI=1S/C21H21N3O/c1-15-6-8-17(9-7-15)13-21(25)24-19-10-11-20(22-14-19)23-18-5-3-4-16(2)12-18/h3-12,14H,13H2,1-2H3,(H,22,23)(H,24,25). The number of hydrogen-bond acceptors (Lipinski definition) is 3. The Morgan fingerprint density at radius 1 is 0.920 bits per heavy atom. The molecule has 2 N–H and O–H groups in total. The first kappa shape index (κ1) is 16.7. The summed E-state index contributed by atoms with van der Waals surface area (Å²) in [6, 6.07) is 19.8. The third-order valence-electron chi connectivity index (χ3n) is 3.82. The molecule has 4 nitrogen and oxygen atoms in total. The number of hydrogen-bond donors (Lipinski definition) is 2. The third kappa shape index (κ3) is 4.91. The molecule has 3 aromatic rings. The first-order chi connectivity index (χ1) is 12.1. The molecule has 0 fully saturated rings. The van der Waals surface area contributed by atoms with Crippen LogP contribution in [-0.2, 0) is 11.2 Å². The first-order valence-corrected chi connectivity index (χ1v) is 8.24. The van der Waals surface area contributed by atoms with E-state index in [-0.39, 0.29) is 5.91 Å². The predicted molar refractivity (Wildman–Crippen MR) is 102 cm³/mol. The lowest BCUT2D eigenvalue weighted by atomic mass is 10.1. The van der Waals surface area contributed by atoms with Crippen molar-refractivity contribution in [1.29, 1.82) is 0 Å². The summed E-state index contributed by atoms with van der Waals surface area (Å²) in [7, 11) is 0. The Kier molecular flexibility index (Phi) is 5.09. The van der Waals surface area contributed by atoms with E-state index < -0.39 is 0 Å². The van der Waals surface area contributed by atoms with E-state index in [4.69, 9.17) is 0 Å². The smallest absolute Gasteiger partial charge is 0.228 e. The fourth-order valence-electron chi connectivity index (χ4n) is 2.51. The Morgan fingerprint density at radius 2 is 1.72 bits per heavy atom. The van der Waals surface area contributed by atoms with Crippen molar-refractivity contribution in [2.24, 2.45) is 0 Å². The first-order valence-electron chi connectivity index (χ1n) is 8.24. The van der Waals surface area contributed by atoms with Crippen molar-refractivity contribution >= 4 is 23.1 Å². The monoisotopic (exact) mass is 331 g/mol. The minimum absolute atomic E-state index is 0.0509. The normalized spacial score (nSPS) is 10.3. The summed E-state index contributed by atoms with van der Waals surface area (Å²) in [5.74, 6) is 0.687. The van der Waals surface area contributed by atoms with E-state index in [0.29, 0.717) is 12.1 Å². The molecule has 1 heterocycles. The van der Waals surface area contributed by atoms with Crippen LogP contribution in [0.15, 0.2) is 66.9 Å². The van der Waals surface area contributed by atoms with Crippen LogP contribution in [0.4, 0.5) is 17.2 Å². The molecule has 1 amide bonds. The predicted octanol–water partition coefficient (Wildman–Crippen LogP) is 4.62. The molecule has 0 atom stereocenters. The lowest BCUT2D eigenvalue weighted by Gasteiger charge is -2.08. The van der Waals surface area contributed by atoms with Crippen LogP contribution >= 0.6 is 0 Å². The summed E-state index contributed by atoms with van der Waals surface area (Å²) in [5, 5.41) is 6.12. The van der Waals surface area contributed by atoms with Gasteiger partial charge in [-0.1, -0.05) is 42.0 Å². The SMILES string of the molecule is Cc1ccc(CC(=O)Nc2ccc(Nc3cccc(C)c3)nc2)cc1. The molecule has 126 valence electrons. The van der Waals surface area contributed by atoms with E-state index in [1.807, 2.05) is 68.4 Å². The maximum atomic E-state index is 12.1. The van der Waals surface area contributed by atoms with Crippen molar-refractivity contribution in [3.63, 3.8) is 0 Å². The highest BCUT2D eigenvalue weighted by Crippen LogP contribution is 2.17. The molecule has 0 unspecified atom stereocenters. The average molecular weight is 331 g/mol. The zero-order valence-electron chi connectivity index (χ0n) is 14.4. The zero-order valence-corrected chi connectivity index (χ0v) is 14.4. The Morgan fingerprint density at radius 3 is 2.40 bits per heavy atom. The minimum atomic E-state index is -0.0509. The third-order valence-corrected chi connectivity index (χ3v) is 3.82. The van der Waals surface area contributed by atoms with Gasteiger partial charge in [0.15, 0.2) is 0 Å². The second kappa shape index (κ2) is 7.62. The highest BCUT2D eigenvalue weighted by Gasteiger charge is 2.05. The van der Waals surface area contributed by atoms with E-state index in [0.717, 1.165) is 17.1 Å². The Labute approximate surface area is 147 Å². The van der Waals surface area contributed by atoms with Crippen LogP contribution in [0.3, 0.4) is 0 Å². The number of carbonyl (C=O) groups excluding carboxylic acids is 1. The molecular formula is C21H21N3O. The molecule has 0 radical (unpaired) electrons. The molecule has 0 bridgehead atoms. The van der Waals surface area contributed by atoms with E-state index >= 15 is 0 Å². The molecule has 2 aromatic carbocycles. The molecule has 1 aromatic heterocycles. The maximum absolute atomic E-state index is 12.1. The fourth-order valence-corrected chi connectivity index (χ4v) is 2.51. The number of anilines is 3. The fraction of sp³-hybridized carbons (Fsp3) is 0.143. The summed E-state index contributed by atoms with van der Waals surface area (Å²) in [6.07, 6.45) is 2.01. The van der Waals surface area contributed by atoms with E-state index in [1.165, 1.54) is 11.1 Å². The minimum Gasteiger partial charge on any atom is -0.340 e. The topological polar surface area (TPSA) is 54.0 Å². The number of nitrogens with one attached hydrogen (secondary N) is 2. The average Bonchev–Trinajstić information content (AvgIpc) is 2.59. The van der Waals surface area contributed by atoms with Gasteiger partial charge in [0, 0.05) is 5.69 Å².